The van der Waals surface area contributed by atoms with E-state index in [9.17, 15) is 13.2 Å². The number of anilines is 1. The van der Waals surface area contributed by atoms with Crippen LogP contribution in [-0.2, 0) is 6.18 Å². The second-order valence-electron chi connectivity index (χ2n) is 5.59. The summed E-state index contributed by atoms with van der Waals surface area (Å²) >= 11 is 6.15. The van der Waals surface area contributed by atoms with Crippen molar-refractivity contribution >= 4 is 34.1 Å². The van der Waals surface area contributed by atoms with Gasteiger partial charge in [0.2, 0.25) is 0 Å². The molecule has 4 aromatic rings. The summed E-state index contributed by atoms with van der Waals surface area (Å²) in [6.07, 6.45) is -1.42. The Morgan fingerprint density at radius 2 is 2.08 bits per heavy atom. The van der Waals surface area contributed by atoms with E-state index < -0.39 is 11.7 Å². The predicted octanol–water partition coefficient (Wildman–Crippen LogP) is 4.38. The number of nitrogens with one attached hydrogen (secondary N) is 2. The fraction of sp³-hybridized carbons (Fsp3) is 0.188. The summed E-state index contributed by atoms with van der Waals surface area (Å²) in [4.78, 5) is 8.70. The Labute approximate surface area is 150 Å². The van der Waals surface area contributed by atoms with Crippen molar-refractivity contribution in [3.63, 3.8) is 0 Å². The van der Waals surface area contributed by atoms with Crippen LogP contribution in [0.5, 0.6) is 0 Å². The molecule has 0 aliphatic heterocycles. The van der Waals surface area contributed by atoms with E-state index in [0.717, 1.165) is 12.1 Å². The summed E-state index contributed by atoms with van der Waals surface area (Å²) in [5.41, 5.74) is 1.49. The second kappa shape index (κ2) is 5.87. The quantitative estimate of drug-likeness (QED) is 0.553. The predicted molar refractivity (Wildman–Crippen MR) is 92.3 cm³/mol. The lowest BCUT2D eigenvalue weighted by atomic mass is 10.2. The highest BCUT2D eigenvalue weighted by Gasteiger charge is 2.31. The molecule has 4 rings (SSSR count). The van der Waals surface area contributed by atoms with Crippen molar-refractivity contribution in [2.45, 2.75) is 13.1 Å². The number of fused-ring (bicyclic) bond motifs is 3. The first-order valence-electron chi connectivity index (χ1n) is 7.71. The molecule has 10 heteroatoms. The lowest BCUT2D eigenvalue weighted by Crippen LogP contribution is -2.07. The van der Waals surface area contributed by atoms with Crippen molar-refractivity contribution in [1.82, 2.24) is 24.6 Å². The van der Waals surface area contributed by atoms with E-state index in [1.165, 1.54) is 12.3 Å². The molecule has 0 fully saturated rings. The molecule has 0 saturated carbocycles. The van der Waals surface area contributed by atoms with Gasteiger partial charge in [-0.2, -0.15) is 18.3 Å². The topological polar surface area (TPSA) is 70.9 Å². The number of alkyl halides is 3. The van der Waals surface area contributed by atoms with Crippen LogP contribution in [0.4, 0.5) is 19.0 Å². The molecule has 134 valence electrons. The van der Waals surface area contributed by atoms with Gasteiger partial charge in [-0.15, -0.1) is 0 Å². The number of imidazole rings is 1. The Balaban J connectivity index is 2.09. The zero-order valence-electron chi connectivity index (χ0n) is 13.4. The van der Waals surface area contributed by atoms with Crippen LogP contribution in [0.15, 0.2) is 30.6 Å². The zero-order chi connectivity index (χ0) is 18.5. The van der Waals surface area contributed by atoms with E-state index in [0.29, 0.717) is 39.9 Å². The first-order chi connectivity index (χ1) is 12.4. The van der Waals surface area contributed by atoms with E-state index in [2.05, 4.69) is 25.5 Å². The lowest BCUT2D eigenvalue weighted by molar-refractivity contribution is -0.137. The SMILES string of the molecule is CCNc1nc2cc(C(F)(F)F)ccc2n2c(-c3[nH]ncc3Cl)cnc12. The molecule has 0 atom stereocenters. The van der Waals surface area contributed by atoms with Crippen molar-refractivity contribution in [3.05, 3.63) is 41.2 Å². The monoisotopic (exact) mass is 380 g/mol. The maximum absolute atomic E-state index is 13.1. The van der Waals surface area contributed by atoms with Crippen LogP contribution in [-0.4, -0.2) is 31.1 Å². The zero-order valence-corrected chi connectivity index (χ0v) is 14.2. The molecule has 0 aliphatic rings. The fourth-order valence-electron chi connectivity index (χ4n) is 2.83. The number of nitrogens with zero attached hydrogens (tertiary/aromatic N) is 4. The maximum Gasteiger partial charge on any atom is 0.416 e. The van der Waals surface area contributed by atoms with Crippen molar-refractivity contribution < 1.29 is 13.2 Å². The van der Waals surface area contributed by atoms with Gasteiger partial charge >= 0.3 is 6.18 Å². The highest BCUT2D eigenvalue weighted by Crippen LogP contribution is 2.34. The summed E-state index contributed by atoms with van der Waals surface area (Å²) in [5.74, 6) is 0.390. The van der Waals surface area contributed by atoms with Gasteiger partial charge in [0.05, 0.1) is 39.7 Å². The number of halogens is 4. The highest BCUT2D eigenvalue weighted by molar-refractivity contribution is 6.32. The number of H-pyrrole nitrogens is 1. The Morgan fingerprint density at radius 1 is 1.27 bits per heavy atom. The molecule has 0 radical (unpaired) electrons. The Bertz CT molecular complexity index is 1110. The van der Waals surface area contributed by atoms with Gasteiger partial charge in [0, 0.05) is 6.54 Å². The minimum absolute atomic E-state index is 0.193. The third kappa shape index (κ3) is 2.55. The van der Waals surface area contributed by atoms with Crippen LogP contribution in [0.3, 0.4) is 0 Å². The summed E-state index contributed by atoms with van der Waals surface area (Å²) in [6, 6.07) is 3.42. The molecule has 0 bridgehead atoms. The number of hydrogen-bond donors (Lipinski definition) is 2. The molecule has 0 unspecified atom stereocenters. The van der Waals surface area contributed by atoms with Crippen molar-refractivity contribution in [2.24, 2.45) is 0 Å². The first kappa shape index (κ1) is 16.6. The summed E-state index contributed by atoms with van der Waals surface area (Å²) in [7, 11) is 0. The normalized spacial score (nSPS) is 12.2. The van der Waals surface area contributed by atoms with Crippen molar-refractivity contribution in [1.29, 1.82) is 0 Å². The molecule has 6 nitrogen and oxygen atoms in total. The van der Waals surface area contributed by atoms with Crippen molar-refractivity contribution in [2.75, 3.05) is 11.9 Å². The fourth-order valence-corrected chi connectivity index (χ4v) is 3.01. The van der Waals surface area contributed by atoms with Crippen LogP contribution < -0.4 is 5.32 Å². The summed E-state index contributed by atoms with van der Waals surface area (Å²) in [5, 5.41) is 10.1. The Morgan fingerprint density at radius 3 is 2.73 bits per heavy atom. The number of rotatable bonds is 3. The van der Waals surface area contributed by atoms with Crippen LogP contribution in [0.2, 0.25) is 5.02 Å². The highest BCUT2D eigenvalue weighted by atomic mass is 35.5. The minimum Gasteiger partial charge on any atom is -0.367 e. The van der Waals surface area contributed by atoms with Crippen LogP contribution >= 0.6 is 11.6 Å². The van der Waals surface area contributed by atoms with Gasteiger partial charge in [-0.1, -0.05) is 11.6 Å². The van der Waals surface area contributed by atoms with E-state index in [1.807, 2.05) is 6.92 Å². The average molecular weight is 381 g/mol. The van der Waals surface area contributed by atoms with Crippen LogP contribution in [0.25, 0.3) is 28.1 Å². The number of benzene rings is 1. The van der Waals surface area contributed by atoms with Gasteiger partial charge in [-0.25, -0.2) is 9.97 Å². The molecular weight excluding hydrogens is 369 g/mol. The third-order valence-corrected chi connectivity index (χ3v) is 4.23. The number of aromatic nitrogens is 5. The molecule has 0 spiro atoms. The van der Waals surface area contributed by atoms with Gasteiger partial charge in [0.15, 0.2) is 11.5 Å². The van der Waals surface area contributed by atoms with E-state index in [4.69, 9.17) is 11.6 Å². The second-order valence-corrected chi connectivity index (χ2v) is 5.99. The smallest absolute Gasteiger partial charge is 0.367 e. The Kier molecular flexibility index (Phi) is 3.76. The standard InChI is InChI=1S/C16H12ClF3N6/c1-2-21-14-15-22-7-12(13-9(17)6-23-25-13)26(15)11-4-3-8(16(18,19)20)5-10(11)24-14/h3-7H,2H2,1H3,(H,21,24)(H,23,25). The summed E-state index contributed by atoms with van der Waals surface area (Å²) < 4.78 is 40.9. The molecule has 0 amide bonds. The van der Waals surface area contributed by atoms with E-state index >= 15 is 0 Å². The van der Waals surface area contributed by atoms with Crippen LogP contribution in [0, 0.1) is 0 Å². The van der Waals surface area contributed by atoms with Crippen molar-refractivity contribution in [3.8, 4) is 11.4 Å². The molecule has 2 N–H and O–H groups in total. The molecule has 26 heavy (non-hydrogen) atoms. The number of aromatic amines is 1. The molecule has 3 heterocycles. The van der Waals surface area contributed by atoms with Gasteiger partial charge in [0.1, 0.15) is 5.69 Å². The molecule has 3 aromatic heterocycles. The van der Waals surface area contributed by atoms with E-state index in [-0.39, 0.29) is 5.52 Å². The molecule has 0 aliphatic carbocycles. The minimum atomic E-state index is -4.45. The van der Waals surface area contributed by atoms with Gasteiger partial charge < -0.3 is 5.32 Å². The van der Waals surface area contributed by atoms with Gasteiger partial charge in [-0.05, 0) is 25.1 Å². The largest absolute Gasteiger partial charge is 0.416 e. The van der Waals surface area contributed by atoms with Crippen LogP contribution in [0.1, 0.15) is 12.5 Å². The third-order valence-electron chi connectivity index (χ3n) is 3.94. The van der Waals surface area contributed by atoms with E-state index in [1.54, 1.807) is 10.6 Å². The number of hydrogen-bond acceptors (Lipinski definition) is 4. The maximum atomic E-state index is 13.1. The Hall–Kier alpha value is -2.81. The molecular formula is C16H12ClF3N6. The molecule has 1 aromatic carbocycles. The summed E-state index contributed by atoms with van der Waals surface area (Å²) in [6.45, 7) is 2.41. The van der Waals surface area contributed by atoms with Gasteiger partial charge in [-0.3, -0.25) is 9.50 Å². The average Bonchev–Trinajstić information content (AvgIpc) is 3.20. The molecule has 0 saturated heterocycles. The van der Waals surface area contributed by atoms with Gasteiger partial charge in [0.25, 0.3) is 0 Å². The lowest BCUT2D eigenvalue weighted by Gasteiger charge is -2.12. The first-order valence-corrected chi connectivity index (χ1v) is 8.09.